The van der Waals surface area contributed by atoms with E-state index in [1.807, 2.05) is 13.8 Å². The number of amides is 1. The number of rotatable bonds is 3. The minimum atomic E-state index is -0.343. The lowest BCUT2D eigenvalue weighted by molar-refractivity contribution is -0.116. The van der Waals surface area contributed by atoms with E-state index in [9.17, 15) is 9.59 Å². The van der Waals surface area contributed by atoms with Gasteiger partial charge in [-0.2, -0.15) is 0 Å². The number of carbonyl (C=O) groups is 2. The molecule has 1 saturated heterocycles. The highest BCUT2D eigenvalue weighted by atomic mass is 16.6. The fourth-order valence-corrected chi connectivity index (χ4v) is 1.46. The first-order valence-corrected chi connectivity index (χ1v) is 5.14. The lowest BCUT2D eigenvalue weighted by Crippen LogP contribution is -2.32. The van der Waals surface area contributed by atoms with Gasteiger partial charge in [-0.15, -0.1) is 0 Å². The zero-order valence-electron chi connectivity index (χ0n) is 8.78. The third-order valence-electron chi connectivity index (χ3n) is 2.46. The summed E-state index contributed by atoms with van der Waals surface area (Å²) in [7, 11) is 0. The molecule has 0 aromatic rings. The van der Waals surface area contributed by atoms with E-state index in [1.54, 1.807) is 0 Å². The topological polar surface area (TPSA) is 46.6 Å². The molecule has 0 unspecified atom stereocenters. The Morgan fingerprint density at radius 3 is 2.57 bits per heavy atom. The Labute approximate surface area is 84.2 Å². The third kappa shape index (κ3) is 2.72. The standard InChI is InChI=1S/C10H17NO3/c1-3-9(4-2)14-10(13)11-6-5-8(12)7-11/h9H,3-7H2,1-2H3. The summed E-state index contributed by atoms with van der Waals surface area (Å²) in [6, 6.07) is 0. The number of ketones is 1. The predicted molar refractivity (Wildman–Crippen MR) is 52.0 cm³/mol. The molecule has 0 atom stereocenters. The average molecular weight is 199 g/mol. The summed E-state index contributed by atoms with van der Waals surface area (Å²) in [6.07, 6.45) is 1.76. The number of likely N-dealkylation sites (tertiary alicyclic amines) is 1. The summed E-state index contributed by atoms with van der Waals surface area (Å²) in [5.74, 6) is 0.117. The monoisotopic (exact) mass is 199 g/mol. The van der Waals surface area contributed by atoms with Crippen molar-refractivity contribution in [2.75, 3.05) is 13.1 Å². The van der Waals surface area contributed by atoms with E-state index in [0.717, 1.165) is 12.8 Å². The normalized spacial score (nSPS) is 16.5. The third-order valence-corrected chi connectivity index (χ3v) is 2.46. The average Bonchev–Trinajstić information content (AvgIpc) is 2.61. The minimum Gasteiger partial charge on any atom is -0.446 e. The quantitative estimate of drug-likeness (QED) is 0.693. The maximum Gasteiger partial charge on any atom is 0.410 e. The molecule has 80 valence electrons. The molecular weight excluding hydrogens is 182 g/mol. The van der Waals surface area contributed by atoms with Crippen molar-refractivity contribution in [3.63, 3.8) is 0 Å². The van der Waals surface area contributed by atoms with Gasteiger partial charge in [-0.3, -0.25) is 4.79 Å². The van der Waals surface area contributed by atoms with Crippen LogP contribution in [0.3, 0.4) is 0 Å². The second-order valence-electron chi connectivity index (χ2n) is 3.53. The molecule has 4 heteroatoms. The van der Waals surface area contributed by atoms with E-state index in [4.69, 9.17) is 4.74 Å². The molecule has 0 aliphatic carbocycles. The van der Waals surface area contributed by atoms with E-state index < -0.39 is 0 Å². The van der Waals surface area contributed by atoms with Gasteiger partial charge in [-0.1, -0.05) is 13.8 Å². The van der Waals surface area contributed by atoms with Gasteiger partial charge in [-0.25, -0.2) is 4.79 Å². The lowest BCUT2D eigenvalue weighted by atomic mass is 10.2. The molecule has 4 nitrogen and oxygen atoms in total. The summed E-state index contributed by atoms with van der Waals surface area (Å²) >= 11 is 0. The van der Waals surface area contributed by atoms with Crippen LogP contribution in [0.1, 0.15) is 33.1 Å². The van der Waals surface area contributed by atoms with Gasteiger partial charge < -0.3 is 9.64 Å². The molecule has 1 fully saturated rings. The fraction of sp³-hybridized carbons (Fsp3) is 0.800. The Bertz CT molecular complexity index is 223. The summed E-state index contributed by atoms with van der Waals surface area (Å²) in [5, 5.41) is 0. The maximum atomic E-state index is 11.5. The Kier molecular flexibility index (Phi) is 3.92. The maximum absolute atomic E-state index is 11.5. The fourth-order valence-electron chi connectivity index (χ4n) is 1.46. The van der Waals surface area contributed by atoms with E-state index >= 15 is 0 Å². The first-order valence-electron chi connectivity index (χ1n) is 5.14. The van der Waals surface area contributed by atoms with Gasteiger partial charge in [0.05, 0.1) is 6.54 Å². The Hall–Kier alpha value is -1.06. The Balaban J connectivity index is 2.38. The highest BCUT2D eigenvalue weighted by molar-refractivity contribution is 5.87. The van der Waals surface area contributed by atoms with E-state index in [-0.39, 0.29) is 24.5 Å². The zero-order valence-corrected chi connectivity index (χ0v) is 8.78. The molecule has 1 aliphatic rings. The van der Waals surface area contributed by atoms with Crippen molar-refractivity contribution in [1.29, 1.82) is 0 Å². The molecule has 0 bridgehead atoms. The van der Waals surface area contributed by atoms with Crippen LogP contribution in [0, 0.1) is 0 Å². The minimum absolute atomic E-state index is 0.0156. The highest BCUT2D eigenvalue weighted by Crippen LogP contribution is 2.10. The Morgan fingerprint density at radius 2 is 2.14 bits per heavy atom. The number of carbonyl (C=O) groups excluding carboxylic acids is 2. The van der Waals surface area contributed by atoms with Crippen LogP contribution in [0.2, 0.25) is 0 Å². The van der Waals surface area contributed by atoms with Gasteiger partial charge in [0.2, 0.25) is 0 Å². The molecule has 1 rings (SSSR count). The van der Waals surface area contributed by atoms with E-state index in [2.05, 4.69) is 0 Å². The molecular formula is C10H17NO3. The summed E-state index contributed by atoms with van der Waals surface area (Å²) < 4.78 is 5.22. The van der Waals surface area contributed by atoms with E-state index in [1.165, 1.54) is 4.90 Å². The summed E-state index contributed by atoms with van der Waals surface area (Å²) in [4.78, 5) is 23.9. The van der Waals surface area contributed by atoms with Crippen molar-refractivity contribution in [2.24, 2.45) is 0 Å². The van der Waals surface area contributed by atoms with Gasteiger partial charge in [0.25, 0.3) is 0 Å². The van der Waals surface area contributed by atoms with Gasteiger partial charge in [0, 0.05) is 13.0 Å². The van der Waals surface area contributed by atoms with Crippen molar-refractivity contribution >= 4 is 11.9 Å². The first kappa shape index (κ1) is 11.0. The van der Waals surface area contributed by atoms with Crippen LogP contribution < -0.4 is 0 Å². The SMILES string of the molecule is CCC(CC)OC(=O)N1CCC(=O)C1. The number of hydrogen-bond donors (Lipinski definition) is 0. The number of Topliss-reactive ketones (excluding diaryl/α,β-unsaturated/α-hetero) is 1. The summed E-state index contributed by atoms with van der Waals surface area (Å²) in [5.41, 5.74) is 0. The van der Waals surface area contributed by atoms with Crippen LogP contribution in [0.5, 0.6) is 0 Å². The predicted octanol–water partition coefficient (Wildman–Crippen LogP) is 1.59. The zero-order chi connectivity index (χ0) is 10.6. The van der Waals surface area contributed by atoms with Crippen LogP contribution in [0.25, 0.3) is 0 Å². The molecule has 0 aromatic heterocycles. The van der Waals surface area contributed by atoms with Gasteiger partial charge in [0.15, 0.2) is 5.78 Å². The number of ether oxygens (including phenoxy) is 1. The van der Waals surface area contributed by atoms with E-state index in [0.29, 0.717) is 13.0 Å². The molecule has 14 heavy (non-hydrogen) atoms. The second-order valence-corrected chi connectivity index (χ2v) is 3.53. The van der Waals surface area contributed by atoms with Crippen LogP contribution in [0.4, 0.5) is 4.79 Å². The smallest absolute Gasteiger partial charge is 0.410 e. The number of nitrogens with zero attached hydrogens (tertiary/aromatic N) is 1. The largest absolute Gasteiger partial charge is 0.446 e. The Morgan fingerprint density at radius 1 is 1.50 bits per heavy atom. The van der Waals surface area contributed by atoms with Crippen molar-refractivity contribution in [2.45, 2.75) is 39.2 Å². The van der Waals surface area contributed by atoms with Crippen LogP contribution in [-0.4, -0.2) is 36.0 Å². The number of hydrogen-bond acceptors (Lipinski definition) is 3. The van der Waals surface area contributed by atoms with Gasteiger partial charge >= 0.3 is 6.09 Å². The molecule has 0 radical (unpaired) electrons. The molecule has 0 spiro atoms. The first-order chi connectivity index (χ1) is 6.67. The van der Waals surface area contributed by atoms with Crippen molar-refractivity contribution in [3.8, 4) is 0 Å². The molecule has 0 N–H and O–H groups in total. The molecule has 1 aliphatic heterocycles. The molecule has 1 amide bonds. The van der Waals surface area contributed by atoms with Crippen LogP contribution in [0.15, 0.2) is 0 Å². The molecule has 0 aromatic carbocycles. The van der Waals surface area contributed by atoms with Crippen molar-refractivity contribution in [1.82, 2.24) is 4.90 Å². The lowest BCUT2D eigenvalue weighted by Gasteiger charge is -2.19. The molecule has 0 saturated carbocycles. The van der Waals surface area contributed by atoms with Crippen molar-refractivity contribution < 1.29 is 14.3 Å². The van der Waals surface area contributed by atoms with Crippen LogP contribution in [-0.2, 0) is 9.53 Å². The van der Waals surface area contributed by atoms with Crippen LogP contribution >= 0.6 is 0 Å². The highest BCUT2D eigenvalue weighted by Gasteiger charge is 2.26. The summed E-state index contributed by atoms with van der Waals surface area (Å²) in [6.45, 7) is 4.70. The molecule has 1 heterocycles. The van der Waals surface area contributed by atoms with Crippen molar-refractivity contribution in [3.05, 3.63) is 0 Å². The van der Waals surface area contributed by atoms with Gasteiger partial charge in [-0.05, 0) is 12.8 Å². The van der Waals surface area contributed by atoms with Gasteiger partial charge in [0.1, 0.15) is 6.10 Å². The second kappa shape index (κ2) is 4.98.